The van der Waals surface area contributed by atoms with Gasteiger partial charge in [-0.1, -0.05) is 0 Å². The summed E-state index contributed by atoms with van der Waals surface area (Å²) < 4.78 is 13.5. The molecule has 0 aromatic carbocycles. The highest BCUT2D eigenvalue weighted by molar-refractivity contribution is 5.08. The van der Waals surface area contributed by atoms with Crippen LogP contribution in [-0.4, -0.2) is 19.7 Å². The maximum absolute atomic E-state index is 12.5. The van der Waals surface area contributed by atoms with Gasteiger partial charge in [-0.2, -0.15) is 9.78 Å². The summed E-state index contributed by atoms with van der Waals surface area (Å²) in [6.07, 6.45) is 3.38. The zero-order valence-electron chi connectivity index (χ0n) is 6.96. The third-order valence-corrected chi connectivity index (χ3v) is 1.51. The lowest BCUT2D eigenvalue weighted by Gasteiger charge is -1.99. The number of hydrogen-bond acceptors (Lipinski definition) is 4. The summed E-state index contributed by atoms with van der Waals surface area (Å²) in [5, 5.41) is 3.73. The molecule has 0 atom stereocenters. The second kappa shape index (κ2) is 3.33. The normalized spacial score (nSPS) is 10.1. The van der Waals surface area contributed by atoms with Crippen molar-refractivity contribution in [1.82, 2.24) is 19.7 Å². The fraction of sp³-hybridized carbons (Fsp3) is 0. The molecule has 0 unspecified atom stereocenters. The van der Waals surface area contributed by atoms with E-state index in [2.05, 4.69) is 15.1 Å². The predicted octanol–water partition coefficient (Wildman–Crippen LogP) is 0.162. The van der Waals surface area contributed by atoms with E-state index in [1.54, 1.807) is 0 Å². The summed E-state index contributed by atoms with van der Waals surface area (Å²) >= 11 is 0. The Morgan fingerprint density at radius 3 is 2.64 bits per heavy atom. The summed E-state index contributed by atoms with van der Waals surface area (Å²) in [4.78, 5) is 18.5. The van der Waals surface area contributed by atoms with Crippen LogP contribution in [0, 0.1) is 5.82 Å². The van der Waals surface area contributed by atoms with E-state index in [4.69, 9.17) is 0 Å². The maximum atomic E-state index is 12.5. The largest absolute Gasteiger partial charge is 0.274 e. The molecule has 5 nitrogen and oxygen atoms in total. The molecule has 6 heteroatoms. The predicted molar refractivity (Wildman–Crippen MR) is 45.4 cm³/mol. The Kier molecular flexibility index (Phi) is 2.02. The van der Waals surface area contributed by atoms with Gasteiger partial charge in [-0.15, -0.1) is 0 Å². The van der Waals surface area contributed by atoms with Crippen molar-refractivity contribution in [2.75, 3.05) is 0 Å². The molecule has 0 N–H and O–H groups in total. The molecule has 0 bridgehead atoms. The fourth-order valence-corrected chi connectivity index (χ4v) is 0.923. The molecule has 2 aromatic heterocycles. The molecular formula is C8H5FN4O. The van der Waals surface area contributed by atoms with Crippen molar-refractivity contribution in [1.29, 1.82) is 0 Å². The molecule has 70 valence electrons. The van der Waals surface area contributed by atoms with Crippen LogP contribution in [0.25, 0.3) is 5.95 Å². The molecule has 0 fully saturated rings. The van der Waals surface area contributed by atoms with Gasteiger partial charge in [0.15, 0.2) is 5.82 Å². The average molecular weight is 192 g/mol. The van der Waals surface area contributed by atoms with Crippen LogP contribution in [0.1, 0.15) is 0 Å². The van der Waals surface area contributed by atoms with E-state index in [1.165, 1.54) is 18.3 Å². The first kappa shape index (κ1) is 8.49. The van der Waals surface area contributed by atoms with Crippen molar-refractivity contribution < 1.29 is 4.39 Å². The van der Waals surface area contributed by atoms with E-state index in [9.17, 15) is 9.18 Å². The second-order valence-electron chi connectivity index (χ2n) is 2.47. The van der Waals surface area contributed by atoms with Gasteiger partial charge in [0.2, 0.25) is 0 Å². The minimum absolute atomic E-state index is 0.0528. The van der Waals surface area contributed by atoms with Gasteiger partial charge in [0.1, 0.15) is 0 Å². The van der Waals surface area contributed by atoms with Gasteiger partial charge < -0.3 is 0 Å². The third-order valence-electron chi connectivity index (χ3n) is 1.51. The molecule has 14 heavy (non-hydrogen) atoms. The lowest BCUT2D eigenvalue weighted by molar-refractivity contribution is 0.606. The van der Waals surface area contributed by atoms with E-state index in [0.29, 0.717) is 0 Å². The summed E-state index contributed by atoms with van der Waals surface area (Å²) in [5.41, 5.74) is -0.362. The van der Waals surface area contributed by atoms with Crippen molar-refractivity contribution in [2.45, 2.75) is 0 Å². The number of nitrogens with zero attached hydrogens (tertiary/aromatic N) is 4. The van der Waals surface area contributed by atoms with E-state index < -0.39 is 5.82 Å². The smallest absolute Gasteiger partial charge is 0.267 e. The highest BCUT2D eigenvalue weighted by Crippen LogP contribution is 1.94. The maximum Gasteiger partial charge on any atom is 0.274 e. The molecule has 2 aromatic rings. The molecule has 0 radical (unpaired) electrons. The molecular weight excluding hydrogens is 187 g/mol. The first-order valence-electron chi connectivity index (χ1n) is 3.79. The summed E-state index contributed by atoms with van der Waals surface area (Å²) in [5.74, 6) is -0.505. The Morgan fingerprint density at radius 1 is 1.29 bits per heavy atom. The number of hydrogen-bond donors (Lipinski definition) is 0. The molecule has 0 aliphatic rings. The van der Waals surface area contributed by atoms with Crippen molar-refractivity contribution in [2.24, 2.45) is 0 Å². The van der Waals surface area contributed by atoms with E-state index >= 15 is 0 Å². The second-order valence-corrected chi connectivity index (χ2v) is 2.47. The third kappa shape index (κ3) is 1.49. The Hall–Kier alpha value is -2.11. The van der Waals surface area contributed by atoms with Gasteiger partial charge >= 0.3 is 0 Å². The van der Waals surface area contributed by atoms with Crippen LogP contribution in [0.2, 0.25) is 0 Å². The van der Waals surface area contributed by atoms with Crippen LogP contribution in [0.4, 0.5) is 4.39 Å². The van der Waals surface area contributed by atoms with Crippen molar-refractivity contribution in [3.8, 4) is 5.95 Å². The molecule has 0 aliphatic carbocycles. The lowest BCUT2D eigenvalue weighted by atomic mass is 10.6. The van der Waals surface area contributed by atoms with Crippen LogP contribution in [0.5, 0.6) is 0 Å². The van der Waals surface area contributed by atoms with Gasteiger partial charge in [0.25, 0.3) is 11.5 Å². The number of rotatable bonds is 1. The van der Waals surface area contributed by atoms with E-state index in [-0.39, 0.29) is 11.5 Å². The quantitative estimate of drug-likeness (QED) is 0.645. The topological polar surface area (TPSA) is 60.7 Å². The van der Waals surface area contributed by atoms with Gasteiger partial charge in [-0.05, 0) is 6.07 Å². The Morgan fingerprint density at radius 2 is 2.00 bits per heavy atom. The van der Waals surface area contributed by atoms with E-state index in [0.717, 1.165) is 17.1 Å². The zero-order chi connectivity index (χ0) is 9.97. The zero-order valence-corrected chi connectivity index (χ0v) is 6.96. The highest BCUT2D eigenvalue weighted by Gasteiger charge is 2.02. The van der Waals surface area contributed by atoms with Gasteiger partial charge in [0.05, 0.1) is 12.4 Å². The highest BCUT2D eigenvalue weighted by atomic mass is 19.1. The molecule has 0 saturated carbocycles. The standard InChI is InChI=1S/C8H5FN4O/c9-6-4-10-8(11-5-6)13-7(14)2-1-3-12-13/h1-5H. The van der Waals surface area contributed by atoms with Crippen LogP contribution < -0.4 is 5.56 Å². The van der Waals surface area contributed by atoms with Crippen LogP contribution >= 0.6 is 0 Å². The first-order chi connectivity index (χ1) is 6.77. The van der Waals surface area contributed by atoms with Crippen molar-refractivity contribution >= 4 is 0 Å². The molecule has 2 rings (SSSR count). The SMILES string of the molecule is O=c1cccnn1-c1ncc(F)cn1. The minimum atomic E-state index is -0.558. The van der Waals surface area contributed by atoms with Crippen LogP contribution in [0.15, 0.2) is 35.5 Å². The Labute approximate surface area is 77.9 Å². The summed E-state index contributed by atoms with van der Waals surface area (Å²) in [6, 6.07) is 2.82. The molecule has 0 saturated heterocycles. The number of aromatic nitrogens is 4. The van der Waals surface area contributed by atoms with E-state index in [1.807, 2.05) is 0 Å². The van der Waals surface area contributed by atoms with Gasteiger partial charge in [0, 0.05) is 12.3 Å². The minimum Gasteiger partial charge on any atom is -0.267 e. The van der Waals surface area contributed by atoms with Gasteiger partial charge in [-0.3, -0.25) is 4.79 Å². The Bertz CT molecular complexity index is 493. The lowest BCUT2D eigenvalue weighted by Crippen LogP contribution is -2.21. The summed E-state index contributed by atoms with van der Waals surface area (Å²) in [6.45, 7) is 0. The fourth-order valence-electron chi connectivity index (χ4n) is 0.923. The average Bonchev–Trinajstić information content (AvgIpc) is 2.20. The Balaban J connectivity index is 2.56. The van der Waals surface area contributed by atoms with Crippen molar-refractivity contribution in [3.63, 3.8) is 0 Å². The molecule has 2 heterocycles. The molecule has 0 spiro atoms. The van der Waals surface area contributed by atoms with Crippen molar-refractivity contribution in [3.05, 3.63) is 46.9 Å². The first-order valence-corrected chi connectivity index (χ1v) is 3.79. The van der Waals surface area contributed by atoms with Crippen LogP contribution in [-0.2, 0) is 0 Å². The molecule has 0 amide bonds. The monoisotopic (exact) mass is 192 g/mol. The number of halogens is 1. The van der Waals surface area contributed by atoms with Crippen LogP contribution in [0.3, 0.4) is 0 Å². The summed E-state index contributed by atoms with van der Waals surface area (Å²) in [7, 11) is 0. The molecule has 0 aliphatic heterocycles. The van der Waals surface area contributed by atoms with Gasteiger partial charge in [-0.25, -0.2) is 14.4 Å².